The van der Waals surface area contributed by atoms with Crippen LogP contribution in [0.5, 0.6) is 0 Å². The van der Waals surface area contributed by atoms with E-state index in [1.807, 2.05) is 54.6 Å². The molecule has 0 fully saturated rings. The summed E-state index contributed by atoms with van der Waals surface area (Å²) in [6, 6.07) is 17.8. The van der Waals surface area contributed by atoms with Gasteiger partial charge in [-0.1, -0.05) is 54.1 Å². The normalized spacial score (nSPS) is 13.6. The summed E-state index contributed by atoms with van der Waals surface area (Å²) in [7, 11) is 0. The average molecular weight is 253 g/mol. The molecule has 0 aliphatic carbocycles. The topological polar surface area (TPSA) is 32.3 Å². The standard InChI is InChI=1S/C17H19NO/c1-3-16(19)17(14-7-5-4-6-8-14)18-15-11-9-13(2)10-12-15/h3-12,16-19H,1H2,2H3. The summed E-state index contributed by atoms with van der Waals surface area (Å²) in [6.07, 6.45) is 0.919. The quantitative estimate of drug-likeness (QED) is 0.796. The fourth-order valence-corrected chi connectivity index (χ4v) is 1.99. The van der Waals surface area contributed by atoms with Gasteiger partial charge in [0.2, 0.25) is 0 Å². The molecule has 2 aromatic carbocycles. The first-order valence-electron chi connectivity index (χ1n) is 6.39. The molecule has 0 saturated carbocycles. The van der Waals surface area contributed by atoms with E-state index in [1.165, 1.54) is 5.56 Å². The molecular formula is C17H19NO. The van der Waals surface area contributed by atoms with E-state index in [9.17, 15) is 5.11 Å². The first-order chi connectivity index (χ1) is 9.20. The predicted octanol–water partition coefficient (Wildman–Crippen LogP) is 3.70. The van der Waals surface area contributed by atoms with Crippen LogP contribution in [-0.2, 0) is 0 Å². The molecular weight excluding hydrogens is 234 g/mol. The zero-order valence-corrected chi connectivity index (χ0v) is 11.1. The fraction of sp³-hybridized carbons (Fsp3) is 0.176. The van der Waals surface area contributed by atoms with Crippen molar-refractivity contribution in [3.8, 4) is 0 Å². The van der Waals surface area contributed by atoms with E-state index in [2.05, 4.69) is 18.8 Å². The second-order valence-electron chi connectivity index (χ2n) is 4.63. The average Bonchev–Trinajstić information content (AvgIpc) is 2.47. The Bertz CT molecular complexity index is 519. The minimum atomic E-state index is -0.635. The number of benzene rings is 2. The molecule has 0 aliphatic heterocycles. The maximum atomic E-state index is 10.1. The molecule has 0 bridgehead atoms. The van der Waals surface area contributed by atoms with Gasteiger partial charge in [0.15, 0.2) is 0 Å². The fourth-order valence-electron chi connectivity index (χ4n) is 1.99. The van der Waals surface area contributed by atoms with Crippen LogP contribution in [0.3, 0.4) is 0 Å². The van der Waals surface area contributed by atoms with Crippen LogP contribution in [0, 0.1) is 6.92 Å². The zero-order valence-electron chi connectivity index (χ0n) is 11.1. The molecule has 2 N–H and O–H groups in total. The number of nitrogens with one attached hydrogen (secondary N) is 1. The summed E-state index contributed by atoms with van der Waals surface area (Å²) < 4.78 is 0. The number of hydrogen-bond donors (Lipinski definition) is 2. The van der Waals surface area contributed by atoms with Gasteiger partial charge in [0.05, 0.1) is 12.1 Å². The lowest BCUT2D eigenvalue weighted by molar-refractivity contribution is 0.200. The minimum absolute atomic E-state index is 0.193. The lowest BCUT2D eigenvalue weighted by Crippen LogP contribution is -2.23. The number of aryl methyl sites for hydroxylation is 1. The second-order valence-corrected chi connectivity index (χ2v) is 4.63. The molecule has 0 amide bonds. The molecule has 0 spiro atoms. The SMILES string of the molecule is C=CC(O)C(Nc1ccc(C)cc1)c1ccccc1. The molecule has 19 heavy (non-hydrogen) atoms. The van der Waals surface area contributed by atoms with E-state index in [0.717, 1.165) is 11.3 Å². The van der Waals surface area contributed by atoms with Gasteiger partial charge in [0, 0.05) is 5.69 Å². The maximum Gasteiger partial charge on any atom is 0.0961 e. The number of aliphatic hydroxyl groups excluding tert-OH is 1. The molecule has 2 aromatic rings. The van der Waals surface area contributed by atoms with Crippen LogP contribution in [0.25, 0.3) is 0 Å². The van der Waals surface area contributed by atoms with Crippen LogP contribution in [-0.4, -0.2) is 11.2 Å². The summed E-state index contributed by atoms with van der Waals surface area (Å²) in [5, 5.41) is 13.5. The van der Waals surface area contributed by atoms with Crippen LogP contribution in [0.4, 0.5) is 5.69 Å². The molecule has 0 saturated heterocycles. The van der Waals surface area contributed by atoms with Crippen LogP contribution in [0.1, 0.15) is 17.2 Å². The zero-order chi connectivity index (χ0) is 13.7. The Hall–Kier alpha value is -2.06. The van der Waals surface area contributed by atoms with Crippen LogP contribution >= 0.6 is 0 Å². The van der Waals surface area contributed by atoms with Crippen molar-refractivity contribution < 1.29 is 5.11 Å². The van der Waals surface area contributed by atoms with Gasteiger partial charge in [-0.2, -0.15) is 0 Å². The van der Waals surface area contributed by atoms with E-state index in [0.29, 0.717) is 0 Å². The van der Waals surface area contributed by atoms with Crippen LogP contribution < -0.4 is 5.32 Å². The Labute approximate surface area is 114 Å². The highest BCUT2D eigenvalue weighted by Crippen LogP contribution is 2.23. The summed E-state index contributed by atoms with van der Waals surface area (Å²) in [4.78, 5) is 0. The smallest absolute Gasteiger partial charge is 0.0961 e. The van der Waals surface area contributed by atoms with Crippen molar-refractivity contribution in [2.24, 2.45) is 0 Å². The highest BCUT2D eigenvalue weighted by atomic mass is 16.3. The second kappa shape index (κ2) is 6.21. The van der Waals surface area contributed by atoms with Crippen LogP contribution in [0.2, 0.25) is 0 Å². The van der Waals surface area contributed by atoms with E-state index < -0.39 is 6.10 Å². The maximum absolute atomic E-state index is 10.1. The lowest BCUT2D eigenvalue weighted by atomic mass is 10.0. The van der Waals surface area contributed by atoms with Gasteiger partial charge in [0.25, 0.3) is 0 Å². The molecule has 0 heterocycles. The minimum Gasteiger partial charge on any atom is -0.387 e. The highest BCUT2D eigenvalue weighted by Gasteiger charge is 2.17. The van der Waals surface area contributed by atoms with Gasteiger partial charge >= 0.3 is 0 Å². The van der Waals surface area contributed by atoms with Crippen molar-refractivity contribution in [3.05, 3.63) is 78.4 Å². The molecule has 0 radical (unpaired) electrons. The largest absolute Gasteiger partial charge is 0.387 e. The van der Waals surface area contributed by atoms with E-state index >= 15 is 0 Å². The van der Waals surface area contributed by atoms with Crippen molar-refractivity contribution in [3.63, 3.8) is 0 Å². The van der Waals surface area contributed by atoms with Gasteiger partial charge in [-0.15, -0.1) is 6.58 Å². The molecule has 2 unspecified atom stereocenters. The Balaban J connectivity index is 2.24. The lowest BCUT2D eigenvalue weighted by Gasteiger charge is -2.23. The van der Waals surface area contributed by atoms with Crippen molar-refractivity contribution >= 4 is 5.69 Å². The molecule has 2 nitrogen and oxygen atoms in total. The molecule has 0 aliphatic rings. The highest BCUT2D eigenvalue weighted by molar-refractivity contribution is 5.47. The summed E-state index contributed by atoms with van der Waals surface area (Å²) >= 11 is 0. The van der Waals surface area contributed by atoms with Gasteiger partial charge in [-0.05, 0) is 24.6 Å². The summed E-state index contributed by atoms with van der Waals surface area (Å²) in [6.45, 7) is 5.73. The predicted molar refractivity (Wildman–Crippen MR) is 80.2 cm³/mol. The van der Waals surface area contributed by atoms with Gasteiger partial charge < -0.3 is 10.4 Å². The van der Waals surface area contributed by atoms with Crippen molar-refractivity contribution in [1.29, 1.82) is 0 Å². The molecule has 0 aromatic heterocycles. The Morgan fingerprint density at radius 1 is 1.05 bits per heavy atom. The monoisotopic (exact) mass is 253 g/mol. The Morgan fingerprint density at radius 3 is 2.26 bits per heavy atom. The number of aliphatic hydroxyl groups is 1. The van der Waals surface area contributed by atoms with Gasteiger partial charge in [0.1, 0.15) is 0 Å². The van der Waals surface area contributed by atoms with Crippen molar-refractivity contribution in [2.45, 2.75) is 19.1 Å². The van der Waals surface area contributed by atoms with E-state index in [1.54, 1.807) is 6.08 Å². The van der Waals surface area contributed by atoms with Crippen molar-refractivity contribution in [1.82, 2.24) is 0 Å². The van der Waals surface area contributed by atoms with Crippen molar-refractivity contribution in [2.75, 3.05) is 5.32 Å². The molecule has 2 atom stereocenters. The summed E-state index contributed by atoms with van der Waals surface area (Å²) in [5.41, 5.74) is 3.24. The van der Waals surface area contributed by atoms with Gasteiger partial charge in [-0.25, -0.2) is 0 Å². The molecule has 2 heteroatoms. The van der Waals surface area contributed by atoms with Gasteiger partial charge in [-0.3, -0.25) is 0 Å². The first kappa shape index (κ1) is 13.4. The number of hydrogen-bond acceptors (Lipinski definition) is 2. The Kier molecular flexibility index (Phi) is 4.37. The van der Waals surface area contributed by atoms with Crippen LogP contribution in [0.15, 0.2) is 67.3 Å². The first-order valence-corrected chi connectivity index (χ1v) is 6.39. The third-order valence-electron chi connectivity index (χ3n) is 3.12. The molecule has 98 valence electrons. The third-order valence-corrected chi connectivity index (χ3v) is 3.12. The Morgan fingerprint density at radius 2 is 1.68 bits per heavy atom. The van der Waals surface area contributed by atoms with E-state index in [-0.39, 0.29) is 6.04 Å². The summed E-state index contributed by atoms with van der Waals surface area (Å²) in [5.74, 6) is 0. The number of rotatable bonds is 5. The third kappa shape index (κ3) is 3.46. The molecule has 2 rings (SSSR count). The van der Waals surface area contributed by atoms with E-state index in [4.69, 9.17) is 0 Å². The number of anilines is 1.